The first-order valence-corrected chi connectivity index (χ1v) is 5.83. The van der Waals surface area contributed by atoms with Crippen LogP contribution in [-0.2, 0) is 13.8 Å². The van der Waals surface area contributed by atoms with Crippen LogP contribution < -0.4 is 0 Å². The molecular weight excluding hydrogens is 249 g/mol. The lowest BCUT2D eigenvalue weighted by molar-refractivity contribution is -0.280. The summed E-state index contributed by atoms with van der Waals surface area (Å²) in [5.41, 5.74) is 0. The number of hydrogen-bond donors (Lipinski definition) is 6. The highest BCUT2D eigenvalue weighted by Gasteiger charge is 2.46. The van der Waals surface area contributed by atoms with Gasteiger partial charge in [-0.1, -0.05) is 0 Å². The molecule has 1 aliphatic rings. The van der Waals surface area contributed by atoms with Crippen molar-refractivity contribution in [3.63, 3.8) is 0 Å². The fraction of sp³-hybridized carbons (Fsp3) is 1.00. The van der Waals surface area contributed by atoms with Crippen LogP contribution >= 0.6 is 7.82 Å². The van der Waals surface area contributed by atoms with Crippen molar-refractivity contribution in [1.82, 2.24) is 0 Å². The van der Waals surface area contributed by atoms with Crippen molar-refractivity contribution < 1.29 is 44.0 Å². The molecule has 1 fully saturated rings. The summed E-state index contributed by atoms with van der Waals surface area (Å²) in [7, 11) is -4.91. The minimum Gasteiger partial charge on any atom is -0.394 e. The first kappa shape index (κ1) is 14.0. The zero-order chi connectivity index (χ0) is 12.5. The minimum absolute atomic E-state index is 0.702. The maximum atomic E-state index is 10.5. The molecule has 1 saturated heterocycles. The summed E-state index contributed by atoms with van der Waals surface area (Å²) >= 11 is 0. The molecule has 10 heteroatoms. The van der Waals surface area contributed by atoms with E-state index in [1.165, 1.54) is 0 Å². The molecule has 96 valence electrons. The number of aliphatic hydroxyl groups excluding tert-OH is 4. The van der Waals surface area contributed by atoms with E-state index >= 15 is 0 Å². The normalized spacial score (nSPS) is 41.0. The molecule has 0 bridgehead atoms. The molecule has 0 aromatic heterocycles. The van der Waals surface area contributed by atoms with Crippen molar-refractivity contribution in [3.8, 4) is 0 Å². The van der Waals surface area contributed by atoms with Crippen molar-refractivity contribution in [1.29, 1.82) is 0 Å². The van der Waals surface area contributed by atoms with Crippen LogP contribution in [0.1, 0.15) is 0 Å². The van der Waals surface area contributed by atoms with Crippen molar-refractivity contribution in [2.45, 2.75) is 30.7 Å². The molecule has 0 aromatic carbocycles. The van der Waals surface area contributed by atoms with E-state index in [2.05, 4.69) is 9.26 Å². The second-order valence-corrected chi connectivity index (χ2v) is 4.49. The molecular formula is C6H13O9P. The predicted molar refractivity (Wildman–Crippen MR) is 46.9 cm³/mol. The summed E-state index contributed by atoms with van der Waals surface area (Å²) in [6.45, 7) is -0.702. The summed E-state index contributed by atoms with van der Waals surface area (Å²) in [4.78, 5) is 17.0. The van der Waals surface area contributed by atoms with Crippen molar-refractivity contribution >= 4 is 7.82 Å². The topological polar surface area (TPSA) is 157 Å². The molecule has 0 amide bonds. The van der Waals surface area contributed by atoms with Crippen LogP contribution in [0, 0.1) is 0 Å². The SMILES string of the molecule is O=P(O)(O)O[13C@H]1O[C@H](CO)[C@H](O)[C@H](O)[13C@H]1O. The molecule has 0 saturated carbocycles. The predicted octanol–water partition coefficient (Wildman–Crippen LogP) is -3.10. The average Bonchev–Trinajstić information content (AvgIpc) is 2.17. The van der Waals surface area contributed by atoms with Gasteiger partial charge in [-0.15, -0.1) is 0 Å². The van der Waals surface area contributed by atoms with Crippen LogP contribution in [0.4, 0.5) is 0 Å². The van der Waals surface area contributed by atoms with Crippen molar-refractivity contribution in [2.24, 2.45) is 0 Å². The van der Waals surface area contributed by atoms with Crippen LogP contribution in [0.3, 0.4) is 0 Å². The molecule has 9 nitrogen and oxygen atoms in total. The van der Waals surface area contributed by atoms with E-state index < -0.39 is 45.1 Å². The Morgan fingerprint density at radius 2 is 1.69 bits per heavy atom. The Morgan fingerprint density at radius 1 is 1.12 bits per heavy atom. The summed E-state index contributed by atoms with van der Waals surface area (Å²) in [5.74, 6) is 0. The third-order valence-corrected chi connectivity index (χ3v) is 2.57. The van der Waals surface area contributed by atoms with Gasteiger partial charge in [0.05, 0.1) is 6.61 Å². The Kier molecular flexibility index (Phi) is 4.41. The molecule has 0 spiro atoms. The summed E-state index contributed by atoms with van der Waals surface area (Å²) in [6, 6.07) is 0. The van der Waals surface area contributed by atoms with Gasteiger partial charge in [0.2, 0.25) is 0 Å². The fourth-order valence-corrected chi connectivity index (χ4v) is 1.73. The highest BCUT2D eigenvalue weighted by molar-refractivity contribution is 7.46. The van der Waals surface area contributed by atoms with Gasteiger partial charge in [0.1, 0.15) is 24.4 Å². The Morgan fingerprint density at radius 3 is 2.12 bits per heavy atom. The van der Waals surface area contributed by atoms with Gasteiger partial charge < -0.3 is 34.9 Å². The minimum atomic E-state index is -4.91. The van der Waals surface area contributed by atoms with Gasteiger partial charge in [-0.25, -0.2) is 4.57 Å². The second kappa shape index (κ2) is 5.05. The van der Waals surface area contributed by atoms with Gasteiger partial charge in [-0.05, 0) is 0 Å². The molecule has 1 heterocycles. The highest BCUT2D eigenvalue weighted by atomic mass is 31.2. The number of hydrogen-bond acceptors (Lipinski definition) is 7. The van der Waals surface area contributed by atoms with Gasteiger partial charge in [0.15, 0.2) is 6.29 Å². The zero-order valence-corrected chi connectivity index (χ0v) is 8.84. The van der Waals surface area contributed by atoms with Gasteiger partial charge >= 0.3 is 7.82 Å². The smallest absolute Gasteiger partial charge is 0.394 e. The lowest BCUT2D eigenvalue weighted by Crippen LogP contribution is -2.58. The summed E-state index contributed by atoms with van der Waals surface area (Å²) < 4.78 is 19.2. The van der Waals surface area contributed by atoms with Crippen LogP contribution in [0.2, 0.25) is 0 Å². The van der Waals surface area contributed by atoms with Gasteiger partial charge in [-0.3, -0.25) is 4.52 Å². The molecule has 0 unspecified atom stereocenters. The number of phosphoric acid groups is 1. The molecule has 5 atom stereocenters. The number of rotatable bonds is 3. The standard InChI is InChI=1S/C6H13O9P/c7-1-2-3(8)4(9)5(10)6(14-2)15-16(11,12)13/h2-10H,1H2,(H2,11,12,13)/t2-,3+,4+,5-,6-/m1/s1/i5+1,6+1. The van der Waals surface area contributed by atoms with Crippen LogP contribution in [0.25, 0.3) is 0 Å². The van der Waals surface area contributed by atoms with Crippen molar-refractivity contribution in [3.05, 3.63) is 0 Å². The fourth-order valence-electron chi connectivity index (χ4n) is 1.29. The summed E-state index contributed by atoms with van der Waals surface area (Å²) in [6.07, 6.45) is -8.25. The van der Waals surface area contributed by atoms with Gasteiger partial charge in [-0.2, -0.15) is 0 Å². The van der Waals surface area contributed by atoms with E-state index in [9.17, 15) is 19.9 Å². The lowest BCUT2D eigenvalue weighted by atomic mass is 10.1. The van der Waals surface area contributed by atoms with E-state index in [0.29, 0.717) is 0 Å². The Hall–Kier alpha value is -0.0900. The first-order valence-electron chi connectivity index (χ1n) is 4.30. The first-order chi connectivity index (χ1) is 7.26. The third-order valence-electron chi connectivity index (χ3n) is 2.09. The van der Waals surface area contributed by atoms with Gasteiger partial charge in [0, 0.05) is 0 Å². The molecule has 1 rings (SSSR count). The van der Waals surface area contributed by atoms with Crippen molar-refractivity contribution in [2.75, 3.05) is 6.61 Å². The Bertz CT molecular complexity index is 275. The molecule has 0 aromatic rings. The van der Waals surface area contributed by atoms with Gasteiger partial charge in [0.25, 0.3) is 0 Å². The van der Waals surface area contributed by atoms with E-state index in [4.69, 9.17) is 14.9 Å². The maximum Gasteiger partial charge on any atom is 0.472 e. The number of phosphoric ester groups is 1. The van der Waals surface area contributed by atoms with E-state index in [1.54, 1.807) is 0 Å². The molecule has 16 heavy (non-hydrogen) atoms. The summed E-state index contributed by atoms with van der Waals surface area (Å²) in [5, 5.41) is 36.6. The zero-order valence-electron chi connectivity index (χ0n) is 7.95. The van der Waals surface area contributed by atoms with Crippen LogP contribution in [0.5, 0.6) is 0 Å². The van der Waals surface area contributed by atoms with E-state index in [-0.39, 0.29) is 0 Å². The molecule has 0 radical (unpaired) electrons. The third kappa shape index (κ3) is 3.20. The maximum absolute atomic E-state index is 10.5. The van der Waals surface area contributed by atoms with Crippen LogP contribution in [-0.4, -0.2) is 67.5 Å². The number of aliphatic hydroxyl groups is 4. The molecule has 1 aliphatic heterocycles. The Balaban J connectivity index is 2.75. The average molecular weight is 262 g/mol. The number of ether oxygens (including phenoxy) is 1. The highest BCUT2D eigenvalue weighted by Crippen LogP contribution is 2.40. The second-order valence-electron chi connectivity index (χ2n) is 3.29. The van der Waals surface area contributed by atoms with Crippen LogP contribution in [0.15, 0.2) is 0 Å². The van der Waals surface area contributed by atoms with E-state index in [1.807, 2.05) is 0 Å². The monoisotopic (exact) mass is 262 g/mol. The Labute approximate surface area is 90.1 Å². The largest absolute Gasteiger partial charge is 0.472 e. The quantitative estimate of drug-likeness (QED) is 0.229. The molecule has 6 N–H and O–H groups in total. The lowest BCUT2D eigenvalue weighted by Gasteiger charge is -2.39. The van der Waals surface area contributed by atoms with E-state index in [0.717, 1.165) is 0 Å². The molecule has 0 aliphatic carbocycles.